The Kier molecular flexibility index (Phi) is 1.60. The van der Waals surface area contributed by atoms with Crippen molar-refractivity contribution < 1.29 is 5.11 Å². The van der Waals surface area contributed by atoms with E-state index in [2.05, 4.69) is 4.90 Å². The summed E-state index contributed by atoms with van der Waals surface area (Å²) in [4.78, 5) is 2.10. The average Bonchev–Trinajstić information content (AvgIpc) is 2.23. The zero-order valence-electron chi connectivity index (χ0n) is 6.53. The van der Waals surface area contributed by atoms with Crippen LogP contribution < -0.4 is 0 Å². The first kappa shape index (κ1) is 7.10. The molecule has 11 heavy (non-hydrogen) atoms. The minimum absolute atomic E-state index is 0.108. The highest BCUT2D eigenvalue weighted by atomic mass is 16.3. The molecule has 2 heterocycles. The Hall–Kier alpha value is -0.570. The maximum atomic E-state index is 9.40. The first-order valence-electron chi connectivity index (χ1n) is 4.27. The molecule has 2 atom stereocenters. The van der Waals surface area contributed by atoms with Crippen molar-refractivity contribution in [2.24, 2.45) is 0 Å². The SMILES string of the molecule is N=CN1C2CCC1CC(O)C2. The lowest BCUT2D eigenvalue weighted by Crippen LogP contribution is -2.43. The Balaban J connectivity index is 2.12. The molecule has 0 radical (unpaired) electrons. The molecule has 62 valence electrons. The largest absolute Gasteiger partial charge is 0.393 e. The van der Waals surface area contributed by atoms with Crippen LogP contribution in [0.4, 0.5) is 0 Å². The Labute approximate surface area is 66.5 Å². The van der Waals surface area contributed by atoms with E-state index in [-0.39, 0.29) is 6.10 Å². The van der Waals surface area contributed by atoms with Crippen LogP contribution in [0.25, 0.3) is 0 Å². The van der Waals surface area contributed by atoms with E-state index in [0.29, 0.717) is 12.1 Å². The summed E-state index contributed by atoms with van der Waals surface area (Å²) in [7, 11) is 0. The third-order valence-electron chi connectivity index (χ3n) is 2.91. The molecule has 0 aromatic heterocycles. The van der Waals surface area contributed by atoms with Gasteiger partial charge in [0.25, 0.3) is 0 Å². The number of rotatable bonds is 1. The van der Waals surface area contributed by atoms with E-state index in [9.17, 15) is 5.11 Å². The van der Waals surface area contributed by atoms with Gasteiger partial charge in [0.2, 0.25) is 0 Å². The molecular weight excluding hydrogens is 140 g/mol. The van der Waals surface area contributed by atoms with Gasteiger partial charge < -0.3 is 10.0 Å². The Morgan fingerprint density at radius 2 is 1.82 bits per heavy atom. The minimum atomic E-state index is -0.108. The molecule has 2 aliphatic rings. The van der Waals surface area contributed by atoms with Gasteiger partial charge >= 0.3 is 0 Å². The fraction of sp³-hybridized carbons (Fsp3) is 0.875. The van der Waals surface area contributed by atoms with Crippen LogP contribution in [0, 0.1) is 5.41 Å². The topological polar surface area (TPSA) is 47.3 Å². The van der Waals surface area contributed by atoms with E-state index in [1.807, 2.05) is 0 Å². The van der Waals surface area contributed by atoms with Crippen molar-refractivity contribution in [3.05, 3.63) is 0 Å². The standard InChI is InChI=1S/C8H14N2O/c9-5-10-6-1-2-7(10)4-8(11)3-6/h5-9,11H,1-4H2. The van der Waals surface area contributed by atoms with Crippen LogP contribution in [0.1, 0.15) is 25.7 Å². The van der Waals surface area contributed by atoms with Crippen LogP contribution in [-0.4, -0.2) is 34.5 Å². The molecule has 2 N–H and O–H groups in total. The molecule has 0 aromatic rings. The van der Waals surface area contributed by atoms with Crippen molar-refractivity contribution in [1.29, 1.82) is 5.41 Å². The van der Waals surface area contributed by atoms with E-state index in [1.165, 1.54) is 6.34 Å². The van der Waals surface area contributed by atoms with Gasteiger partial charge in [0, 0.05) is 12.1 Å². The predicted octanol–water partition coefficient (Wildman–Crippen LogP) is 0.581. The number of piperidine rings is 1. The fourth-order valence-corrected chi connectivity index (χ4v) is 2.40. The predicted molar refractivity (Wildman–Crippen MR) is 42.7 cm³/mol. The summed E-state index contributed by atoms with van der Waals surface area (Å²) >= 11 is 0. The average molecular weight is 154 g/mol. The first-order chi connectivity index (χ1) is 5.31. The van der Waals surface area contributed by atoms with E-state index in [0.717, 1.165) is 25.7 Å². The fourth-order valence-electron chi connectivity index (χ4n) is 2.40. The molecule has 2 fully saturated rings. The highest BCUT2D eigenvalue weighted by molar-refractivity contribution is 5.53. The van der Waals surface area contributed by atoms with Crippen molar-refractivity contribution in [2.75, 3.05) is 0 Å². The van der Waals surface area contributed by atoms with Gasteiger partial charge in [-0.1, -0.05) is 0 Å². The van der Waals surface area contributed by atoms with Gasteiger partial charge in [-0.15, -0.1) is 0 Å². The van der Waals surface area contributed by atoms with Crippen molar-refractivity contribution >= 4 is 6.34 Å². The van der Waals surface area contributed by atoms with Crippen LogP contribution in [0.15, 0.2) is 0 Å². The molecule has 3 heteroatoms. The maximum Gasteiger partial charge on any atom is 0.0822 e. The van der Waals surface area contributed by atoms with Gasteiger partial charge in [-0.2, -0.15) is 0 Å². The van der Waals surface area contributed by atoms with E-state index < -0.39 is 0 Å². The number of hydrogen-bond acceptors (Lipinski definition) is 2. The zero-order valence-corrected chi connectivity index (χ0v) is 6.53. The monoisotopic (exact) mass is 154 g/mol. The summed E-state index contributed by atoms with van der Waals surface area (Å²) in [5.41, 5.74) is 0. The smallest absolute Gasteiger partial charge is 0.0822 e. The van der Waals surface area contributed by atoms with Crippen molar-refractivity contribution in [3.63, 3.8) is 0 Å². The third-order valence-corrected chi connectivity index (χ3v) is 2.91. The number of nitrogens with one attached hydrogen (secondary N) is 1. The quantitative estimate of drug-likeness (QED) is 0.429. The molecule has 0 saturated carbocycles. The number of hydrogen-bond donors (Lipinski definition) is 2. The Bertz CT molecular complexity index is 157. The zero-order chi connectivity index (χ0) is 7.84. The summed E-state index contributed by atoms with van der Waals surface area (Å²) in [6, 6.07) is 0.919. The summed E-state index contributed by atoms with van der Waals surface area (Å²) < 4.78 is 0. The summed E-state index contributed by atoms with van der Waals surface area (Å²) in [6.45, 7) is 0. The van der Waals surface area contributed by atoms with Gasteiger partial charge in [0.1, 0.15) is 0 Å². The third kappa shape index (κ3) is 1.03. The summed E-state index contributed by atoms with van der Waals surface area (Å²) in [5.74, 6) is 0. The maximum absolute atomic E-state index is 9.40. The van der Waals surface area contributed by atoms with Crippen LogP contribution >= 0.6 is 0 Å². The van der Waals surface area contributed by atoms with Crippen molar-refractivity contribution in [3.8, 4) is 0 Å². The van der Waals surface area contributed by atoms with Crippen molar-refractivity contribution in [1.82, 2.24) is 4.90 Å². The number of nitrogens with zero attached hydrogens (tertiary/aromatic N) is 1. The van der Waals surface area contributed by atoms with Gasteiger partial charge in [0.15, 0.2) is 0 Å². The molecule has 2 bridgehead atoms. The molecule has 0 aromatic carbocycles. The molecule has 2 rings (SSSR count). The highest BCUT2D eigenvalue weighted by Gasteiger charge is 2.38. The molecule has 0 spiro atoms. The van der Waals surface area contributed by atoms with Gasteiger partial charge in [0.05, 0.1) is 12.4 Å². The lowest BCUT2D eigenvalue weighted by Gasteiger charge is -2.35. The summed E-state index contributed by atoms with van der Waals surface area (Å²) in [6.07, 6.45) is 5.39. The van der Waals surface area contributed by atoms with Crippen LogP contribution in [0.5, 0.6) is 0 Å². The van der Waals surface area contributed by atoms with Crippen molar-refractivity contribution in [2.45, 2.75) is 43.9 Å². The van der Waals surface area contributed by atoms with E-state index in [4.69, 9.17) is 5.41 Å². The van der Waals surface area contributed by atoms with Crippen LogP contribution in [-0.2, 0) is 0 Å². The first-order valence-corrected chi connectivity index (χ1v) is 4.27. The van der Waals surface area contributed by atoms with Gasteiger partial charge in [-0.05, 0) is 25.7 Å². The van der Waals surface area contributed by atoms with Crippen LogP contribution in [0.2, 0.25) is 0 Å². The molecule has 2 saturated heterocycles. The number of aliphatic hydroxyl groups excluding tert-OH is 1. The Morgan fingerprint density at radius 1 is 1.27 bits per heavy atom. The Morgan fingerprint density at radius 3 is 2.27 bits per heavy atom. The lowest BCUT2D eigenvalue weighted by molar-refractivity contribution is 0.0731. The second-order valence-corrected chi connectivity index (χ2v) is 3.59. The summed E-state index contributed by atoms with van der Waals surface area (Å²) in [5, 5.41) is 16.6. The highest BCUT2D eigenvalue weighted by Crippen LogP contribution is 2.34. The van der Waals surface area contributed by atoms with E-state index in [1.54, 1.807) is 0 Å². The minimum Gasteiger partial charge on any atom is -0.393 e. The van der Waals surface area contributed by atoms with E-state index >= 15 is 0 Å². The van der Waals surface area contributed by atoms with Crippen LogP contribution in [0.3, 0.4) is 0 Å². The van der Waals surface area contributed by atoms with Gasteiger partial charge in [-0.25, -0.2) is 0 Å². The normalized spacial score (nSPS) is 42.6. The second kappa shape index (κ2) is 2.48. The molecule has 2 unspecified atom stereocenters. The van der Waals surface area contributed by atoms with Gasteiger partial charge in [-0.3, -0.25) is 5.41 Å². The number of fused-ring (bicyclic) bond motifs is 2. The molecule has 3 nitrogen and oxygen atoms in total. The molecular formula is C8H14N2O. The second-order valence-electron chi connectivity index (χ2n) is 3.59. The number of aliphatic hydroxyl groups is 1. The molecule has 0 aliphatic carbocycles. The lowest BCUT2D eigenvalue weighted by atomic mass is 10.0. The molecule has 0 amide bonds. The molecule has 2 aliphatic heterocycles.